The van der Waals surface area contributed by atoms with Crippen molar-refractivity contribution in [3.63, 3.8) is 0 Å². The highest BCUT2D eigenvalue weighted by Gasteiger charge is 2.48. The Morgan fingerprint density at radius 3 is 2.13 bits per heavy atom. The average molecular weight is 324 g/mol. The normalized spacial score (nSPS) is 24.4. The third-order valence-corrected chi connectivity index (χ3v) is 4.10. The van der Waals surface area contributed by atoms with E-state index in [2.05, 4.69) is 5.32 Å². The molecule has 7 nitrogen and oxygen atoms in total. The minimum atomic E-state index is -0.741. The first kappa shape index (κ1) is 17.4. The molecule has 0 aromatic heterocycles. The quantitative estimate of drug-likeness (QED) is 0.604. The van der Waals surface area contributed by atoms with Gasteiger partial charge >= 0.3 is 5.97 Å². The van der Waals surface area contributed by atoms with Crippen molar-refractivity contribution < 1.29 is 23.9 Å². The molecular formula is C16H24N2O5. The molecule has 2 fully saturated rings. The molecule has 7 heteroatoms. The van der Waals surface area contributed by atoms with E-state index in [0.29, 0.717) is 12.8 Å². The Morgan fingerprint density at radius 2 is 1.65 bits per heavy atom. The second-order valence-electron chi connectivity index (χ2n) is 7.22. The van der Waals surface area contributed by atoms with Crippen LogP contribution in [0.5, 0.6) is 0 Å². The highest BCUT2D eigenvalue weighted by molar-refractivity contribution is 6.07. The molecule has 0 aromatic carbocycles. The largest absolute Gasteiger partial charge is 0.454 e. The van der Waals surface area contributed by atoms with Gasteiger partial charge in [-0.15, -0.1) is 0 Å². The molecule has 1 N–H and O–H groups in total. The number of carbonyl (C=O) groups excluding carboxylic acids is 4. The van der Waals surface area contributed by atoms with Crippen LogP contribution in [0.4, 0.5) is 0 Å². The van der Waals surface area contributed by atoms with Gasteiger partial charge in [-0.25, -0.2) is 0 Å². The second kappa shape index (κ2) is 6.68. The van der Waals surface area contributed by atoms with Crippen LogP contribution in [-0.2, 0) is 23.9 Å². The summed E-state index contributed by atoms with van der Waals surface area (Å²) in [6, 6.07) is 0. The van der Waals surface area contributed by atoms with Crippen LogP contribution in [0.15, 0.2) is 0 Å². The molecule has 3 amide bonds. The number of amides is 3. The molecule has 2 rings (SSSR count). The molecule has 0 spiro atoms. The van der Waals surface area contributed by atoms with Crippen molar-refractivity contribution in [1.29, 1.82) is 0 Å². The summed E-state index contributed by atoms with van der Waals surface area (Å²) in [5.41, 5.74) is -0.417. The van der Waals surface area contributed by atoms with Crippen molar-refractivity contribution in [2.24, 2.45) is 11.8 Å². The molecule has 2 aliphatic rings. The fourth-order valence-electron chi connectivity index (χ4n) is 3.16. The summed E-state index contributed by atoms with van der Waals surface area (Å²) in [4.78, 5) is 48.9. The van der Waals surface area contributed by atoms with Crippen LogP contribution in [0.3, 0.4) is 0 Å². The first-order chi connectivity index (χ1) is 10.7. The van der Waals surface area contributed by atoms with Crippen LogP contribution < -0.4 is 5.32 Å². The van der Waals surface area contributed by atoms with E-state index in [1.807, 2.05) is 20.8 Å². The van der Waals surface area contributed by atoms with Gasteiger partial charge in [0, 0.05) is 5.54 Å². The molecule has 0 bridgehead atoms. The van der Waals surface area contributed by atoms with E-state index in [1.165, 1.54) is 0 Å². The molecule has 0 radical (unpaired) electrons. The standard InChI is InChI=1S/C16H24N2O5/c1-16(2,3)17-12(19)9-23-13(20)8-18-14(21)10-6-4-5-7-11(10)15(18)22/h10-11H,4-9H2,1-3H3,(H,17,19)/t10-,11+. The molecule has 2 atom stereocenters. The smallest absolute Gasteiger partial charge is 0.326 e. The van der Waals surface area contributed by atoms with Crippen molar-refractivity contribution in [1.82, 2.24) is 10.2 Å². The fourth-order valence-corrected chi connectivity index (χ4v) is 3.16. The second-order valence-corrected chi connectivity index (χ2v) is 7.22. The maximum Gasteiger partial charge on any atom is 0.326 e. The zero-order chi connectivity index (χ0) is 17.2. The summed E-state index contributed by atoms with van der Waals surface area (Å²) in [7, 11) is 0. The topological polar surface area (TPSA) is 92.8 Å². The monoisotopic (exact) mass is 324 g/mol. The molecule has 1 saturated carbocycles. The minimum absolute atomic E-state index is 0.282. The van der Waals surface area contributed by atoms with Gasteiger partial charge in [-0.2, -0.15) is 0 Å². The summed E-state index contributed by atoms with van der Waals surface area (Å²) < 4.78 is 4.86. The van der Waals surface area contributed by atoms with Crippen LogP contribution in [-0.4, -0.2) is 47.3 Å². The molecule has 1 saturated heterocycles. The Morgan fingerprint density at radius 1 is 1.13 bits per heavy atom. The summed E-state index contributed by atoms with van der Waals surface area (Å²) in [6.07, 6.45) is 3.28. The predicted octanol–water partition coefficient (Wildman–Crippen LogP) is 0.619. The number of likely N-dealkylation sites (tertiary alicyclic amines) is 1. The lowest BCUT2D eigenvalue weighted by Gasteiger charge is -2.20. The first-order valence-electron chi connectivity index (χ1n) is 8.01. The van der Waals surface area contributed by atoms with Crippen molar-refractivity contribution in [3.05, 3.63) is 0 Å². The van der Waals surface area contributed by atoms with Gasteiger partial charge in [0.25, 0.3) is 5.91 Å². The molecule has 1 aliphatic heterocycles. The number of carbonyl (C=O) groups is 4. The Balaban J connectivity index is 1.84. The highest BCUT2D eigenvalue weighted by Crippen LogP contribution is 2.37. The Kier molecular flexibility index (Phi) is 5.06. The molecule has 128 valence electrons. The molecule has 0 aromatic rings. The van der Waals surface area contributed by atoms with Crippen molar-refractivity contribution >= 4 is 23.7 Å². The number of imide groups is 1. The molecule has 23 heavy (non-hydrogen) atoms. The van der Waals surface area contributed by atoms with E-state index in [0.717, 1.165) is 17.7 Å². The number of esters is 1. The molecule has 1 aliphatic carbocycles. The van der Waals surface area contributed by atoms with Crippen LogP contribution in [0.2, 0.25) is 0 Å². The highest BCUT2D eigenvalue weighted by atomic mass is 16.5. The van der Waals surface area contributed by atoms with Crippen LogP contribution in [0.25, 0.3) is 0 Å². The minimum Gasteiger partial charge on any atom is -0.454 e. The summed E-state index contributed by atoms with van der Waals surface area (Å²) in [5.74, 6) is -2.29. The van der Waals surface area contributed by atoms with Crippen molar-refractivity contribution in [2.75, 3.05) is 13.2 Å². The SMILES string of the molecule is CC(C)(C)NC(=O)COC(=O)CN1C(=O)[C@H]2CCCC[C@H]2C1=O. The number of rotatable bonds is 4. The number of ether oxygens (including phenoxy) is 1. The summed E-state index contributed by atoms with van der Waals surface area (Å²) in [5, 5.41) is 2.66. The Hall–Kier alpha value is -1.92. The van der Waals surface area contributed by atoms with Crippen LogP contribution in [0.1, 0.15) is 46.5 Å². The van der Waals surface area contributed by atoms with E-state index in [-0.39, 0.29) is 23.7 Å². The van der Waals surface area contributed by atoms with Crippen molar-refractivity contribution in [3.8, 4) is 0 Å². The van der Waals surface area contributed by atoms with Gasteiger partial charge in [0.2, 0.25) is 11.8 Å². The van der Waals surface area contributed by atoms with Crippen molar-refractivity contribution in [2.45, 2.75) is 52.0 Å². The maximum absolute atomic E-state index is 12.2. The first-order valence-corrected chi connectivity index (χ1v) is 8.01. The van der Waals surface area contributed by atoms with Gasteiger partial charge in [-0.05, 0) is 33.6 Å². The zero-order valence-electron chi connectivity index (χ0n) is 13.9. The molecule has 1 heterocycles. The van der Waals surface area contributed by atoms with Gasteiger partial charge in [-0.3, -0.25) is 24.1 Å². The average Bonchev–Trinajstić information content (AvgIpc) is 2.69. The summed E-state index contributed by atoms with van der Waals surface area (Å²) in [6.45, 7) is 4.62. The lowest BCUT2D eigenvalue weighted by Crippen LogP contribution is -2.43. The number of hydrogen-bond acceptors (Lipinski definition) is 5. The van der Waals surface area contributed by atoms with E-state index >= 15 is 0 Å². The number of hydrogen-bond donors (Lipinski definition) is 1. The third kappa shape index (κ3) is 4.30. The molecular weight excluding hydrogens is 300 g/mol. The number of fused-ring (bicyclic) bond motifs is 1. The van der Waals surface area contributed by atoms with Crippen LogP contribution in [0, 0.1) is 11.8 Å². The Bertz CT molecular complexity index is 499. The fraction of sp³-hybridized carbons (Fsp3) is 0.750. The van der Waals surface area contributed by atoms with Gasteiger partial charge in [0.05, 0.1) is 11.8 Å². The third-order valence-electron chi connectivity index (χ3n) is 4.10. The van der Waals surface area contributed by atoms with E-state index < -0.39 is 30.6 Å². The summed E-state index contributed by atoms with van der Waals surface area (Å²) >= 11 is 0. The number of nitrogens with zero attached hydrogens (tertiary/aromatic N) is 1. The lowest BCUT2D eigenvalue weighted by molar-refractivity contribution is -0.155. The van der Waals surface area contributed by atoms with Crippen LogP contribution >= 0.6 is 0 Å². The van der Waals surface area contributed by atoms with Gasteiger partial charge in [-0.1, -0.05) is 12.8 Å². The van der Waals surface area contributed by atoms with E-state index in [9.17, 15) is 19.2 Å². The van der Waals surface area contributed by atoms with E-state index in [4.69, 9.17) is 4.74 Å². The van der Waals surface area contributed by atoms with Gasteiger partial charge in [0.1, 0.15) is 6.54 Å². The zero-order valence-corrected chi connectivity index (χ0v) is 13.9. The lowest BCUT2D eigenvalue weighted by atomic mass is 9.81. The van der Waals surface area contributed by atoms with Gasteiger partial charge < -0.3 is 10.1 Å². The van der Waals surface area contributed by atoms with E-state index in [1.54, 1.807) is 0 Å². The Labute approximate surface area is 135 Å². The number of nitrogens with one attached hydrogen (secondary N) is 1. The van der Waals surface area contributed by atoms with Gasteiger partial charge in [0.15, 0.2) is 6.61 Å². The maximum atomic E-state index is 12.2. The predicted molar refractivity (Wildman–Crippen MR) is 81.0 cm³/mol. The molecule has 0 unspecified atom stereocenters.